The van der Waals surface area contributed by atoms with E-state index in [2.05, 4.69) is 5.32 Å². The average molecular weight is 293 g/mol. The number of amides is 1. The van der Waals surface area contributed by atoms with Gasteiger partial charge in [-0.2, -0.15) is 0 Å². The fraction of sp³-hybridized carbons (Fsp3) is 0.467. The molecule has 1 aromatic rings. The molecule has 1 aromatic carbocycles. The van der Waals surface area contributed by atoms with Crippen molar-refractivity contribution in [3.8, 4) is 5.75 Å². The molecule has 0 saturated heterocycles. The van der Waals surface area contributed by atoms with Crippen LogP contribution >= 0.6 is 0 Å². The number of rotatable bonds is 3. The number of anilines is 1. The van der Waals surface area contributed by atoms with E-state index in [9.17, 15) is 14.7 Å². The first-order chi connectivity index (χ1) is 9.67. The summed E-state index contributed by atoms with van der Waals surface area (Å²) in [4.78, 5) is 22.5. The van der Waals surface area contributed by atoms with Crippen molar-refractivity contribution < 1.29 is 24.5 Å². The van der Waals surface area contributed by atoms with E-state index in [1.165, 1.54) is 6.07 Å². The van der Waals surface area contributed by atoms with E-state index >= 15 is 0 Å². The normalized spacial score (nSPS) is 20.7. The van der Waals surface area contributed by atoms with Crippen molar-refractivity contribution in [2.45, 2.75) is 38.7 Å². The maximum atomic E-state index is 11.6. The third kappa shape index (κ3) is 3.87. The number of hydrogen-bond acceptors (Lipinski definition) is 4. The summed E-state index contributed by atoms with van der Waals surface area (Å²) >= 11 is 0. The van der Waals surface area contributed by atoms with Gasteiger partial charge in [-0.05, 0) is 50.8 Å². The van der Waals surface area contributed by atoms with Crippen LogP contribution < -0.4 is 5.32 Å². The number of carbonyl (C=O) groups is 2. The number of aromatic hydroxyl groups is 1. The molecule has 6 nitrogen and oxygen atoms in total. The van der Waals surface area contributed by atoms with E-state index in [0.717, 1.165) is 5.56 Å². The Labute approximate surface area is 122 Å². The van der Waals surface area contributed by atoms with Gasteiger partial charge in [-0.1, -0.05) is 6.07 Å². The molecule has 0 aromatic heterocycles. The third-order valence-electron chi connectivity index (χ3n) is 3.19. The Balaban J connectivity index is 2.03. The van der Waals surface area contributed by atoms with Crippen LogP contribution in [-0.4, -0.2) is 27.9 Å². The highest BCUT2D eigenvalue weighted by atomic mass is 16.6. The van der Waals surface area contributed by atoms with Crippen LogP contribution in [-0.2, 0) is 9.53 Å². The fourth-order valence-electron chi connectivity index (χ4n) is 2.13. The molecule has 0 heterocycles. The smallest absolute Gasteiger partial charge is 0.412 e. The fourth-order valence-corrected chi connectivity index (χ4v) is 2.13. The second-order valence-corrected chi connectivity index (χ2v) is 6.19. The van der Waals surface area contributed by atoms with Crippen LogP contribution in [0.5, 0.6) is 5.75 Å². The number of carboxylic acid groups (broad SMARTS) is 1. The summed E-state index contributed by atoms with van der Waals surface area (Å²) in [6, 6.07) is 4.74. The average Bonchev–Trinajstić information content (AvgIpc) is 3.09. The van der Waals surface area contributed by atoms with Gasteiger partial charge >= 0.3 is 12.1 Å². The summed E-state index contributed by atoms with van der Waals surface area (Å²) in [5.74, 6) is -1.37. The van der Waals surface area contributed by atoms with Crippen molar-refractivity contribution in [2.24, 2.45) is 5.92 Å². The zero-order valence-corrected chi connectivity index (χ0v) is 12.2. The molecule has 0 spiro atoms. The van der Waals surface area contributed by atoms with Crippen LogP contribution in [0, 0.1) is 5.92 Å². The Kier molecular flexibility index (Phi) is 3.80. The molecule has 2 rings (SSSR count). The van der Waals surface area contributed by atoms with Crippen molar-refractivity contribution in [1.29, 1.82) is 0 Å². The SMILES string of the molecule is CC(C)(C)OC(=O)Nc1ccc([C@@H]2C[C@H]2C(=O)O)cc1O. The lowest BCUT2D eigenvalue weighted by molar-refractivity contribution is -0.138. The lowest BCUT2D eigenvalue weighted by Gasteiger charge is -2.20. The minimum Gasteiger partial charge on any atom is -0.506 e. The molecule has 0 aliphatic heterocycles. The molecule has 1 aliphatic carbocycles. The van der Waals surface area contributed by atoms with Crippen LogP contribution in [0.1, 0.15) is 38.7 Å². The number of carbonyl (C=O) groups excluding carboxylic acids is 1. The lowest BCUT2D eigenvalue weighted by Crippen LogP contribution is -2.27. The van der Waals surface area contributed by atoms with Crippen LogP contribution in [0.3, 0.4) is 0 Å². The Morgan fingerprint density at radius 1 is 1.33 bits per heavy atom. The molecule has 3 N–H and O–H groups in total. The van der Waals surface area contributed by atoms with Gasteiger partial charge in [0, 0.05) is 0 Å². The van der Waals surface area contributed by atoms with Crippen molar-refractivity contribution in [1.82, 2.24) is 0 Å². The molecule has 21 heavy (non-hydrogen) atoms. The van der Waals surface area contributed by atoms with Gasteiger partial charge in [0.1, 0.15) is 11.4 Å². The highest BCUT2D eigenvalue weighted by molar-refractivity contribution is 5.87. The summed E-state index contributed by atoms with van der Waals surface area (Å²) in [6.07, 6.45) is -0.0754. The number of benzene rings is 1. The molecule has 1 aliphatic rings. The van der Waals surface area contributed by atoms with Gasteiger partial charge in [0.2, 0.25) is 0 Å². The quantitative estimate of drug-likeness (QED) is 0.745. The summed E-state index contributed by atoms with van der Waals surface area (Å²) in [7, 11) is 0. The van der Waals surface area contributed by atoms with Gasteiger partial charge in [-0.3, -0.25) is 10.1 Å². The monoisotopic (exact) mass is 293 g/mol. The predicted molar refractivity (Wildman–Crippen MR) is 76.4 cm³/mol. The van der Waals surface area contributed by atoms with Gasteiger partial charge in [0.05, 0.1) is 11.6 Å². The van der Waals surface area contributed by atoms with E-state index in [0.29, 0.717) is 6.42 Å². The van der Waals surface area contributed by atoms with Gasteiger partial charge in [0.15, 0.2) is 0 Å². The van der Waals surface area contributed by atoms with Crippen LogP contribution in [0.15, 0.2) is 18.2 Å². The molecule has 1 amide bonds. The molecule has 0 unspecified atom stereocenters. The van der Waals surface area contributed by atoms with E-state index < -0.39 is 17.7 Å². The Morgan fingerprint density at radius 3 is 2.48 bits per heavy atom. The first kappa shape index (κ1) is 15.2. The highest BCUT2D eigenvalue weighted by Gasteiger charge is 2.44. The van der Waals surface area contributed by atoms with Crippen molar-refractivity contribution in [2.75, 3.05) is 5.32 Å². The number of hydrogen-bond donors (Lipinski definition) is 3. The van der Waals surface area contributed by atoms with Gasteiger partial charge < -0.3 is 14.9 Å². The summed E-state index contributed by atoms with van der Waals surface area (Å²) in [6.45, 7) is 5.23. The maximum Gasteiger partial charge on any atom is 0.412 e. The third-order valence-corrected chi connectivity index (χ3v) is 3.19. The second kappa shape index (κ2) is 5.27. The number of phenolic OH excluding ortho intramolecular Hbond substituents is 1. The zero-order valence-electron chi connectivity index (χ0n) is 12.2. The van der Waals surface area contributed by atoms with Crippen molar-refractivity contribution in [3.05, 3.63) is 23.8 Å². The molecule has 2 atom stereocenters. The predicted octanol–water partition coefficient (Wildman–Crippen LogP) is 2.93. The van der Waals surface area contributed by atoms with E-state index in [4.69, 9.17) is 9.84 Å². The molecule has 1 saturated carbocycles. The van der Waals surface area contributed by atoms with Crippen molar-refractivity contribution >= 4 is 17.7 Å². The first-order valence-electron chi connectivity index (χ1n) is 6.73. The molecule has 114 valence electrons. The molecular formula is C15H19NO5. The summed E-state index contributed by atoms with van der Waals surface area (Å²) in [5.41, 5.74) is 0.373. The highest BCUT2D eigenvalue weighted by Crippen LogP contribution is 2.48. The number of aliphatic carboxylic acids is 1. The molecule has 0 bridgehead atoms. The lowest BCUT2D eigenvalue weighted by atomic mass is 10.1. The summed E-state index contributed by atoms with van der Waals surface area (Å²) in [5, 5.41) is 21.3. The number of nitrogens with one attached hydrogen (secondary N) is 1. The zero-order chi connectivity index (χ0) is 15.8. The Bertz CT molecular complexity index is 576. The van der Waals surface area contributed by atoms with Crippen LogP contribution in [0.25, 0.3) is 0 Å². The molecule has 1 fully saturated rings. The van der Waals surface area contributed by atoms with Crippen LogP contribution in [0.2, 0.25) is 0 Å². The van der Waals surface area contributed by atoms with Gasteiger partial charge in [-0.25, -0.2) is 4.79 Å². The number of ether oxygens (including phenoxy) is 1. The molecule has 6 heteroatoms. The Morgan fingerprint density at radius 2 is 2.00 bits per heavy atom. The maximum absolute atomic E-state index is 11.6. The summed E-state index contributed by atoms with van der Waals surface area (Å²) < 4.78 is 5.10. The second-order valence-electron chi connectivity index (χ2n) is 6.19. The van der Waals surface area contributed by atoms with Gasteiger partial charge in [0.25, 0.3) is 0 Å². The van der Waals surface area contributed by atoms with E-state index in [1.54, 1.807) is 32.9 Å². The molecular weight excluding hydrogens is 274 g/mol. The van der Waals surface area contributed by atoms with E-state index in [1.807, 2.05) is 0 Å². The Hall–Kier alpha value is -2.24. The largest absolute Gasteiger partial charge is 0.506 e. The molecule has 0 radical (unpaired) electrons. The topological polar surface area (TPSA) is 95.9 Å². The number of carboxylic acids is 1. The van der Waals surface area contributed by atoms with Gasteiger partial charge in [-0.15, -0.1) is 0 Å². The minimum atomic E-state index is -0.824. The van der Waals surface area contributed by atoms with E-state index in [-0.39, 0.29) is 23.3 Å². The van der Waals surface area contributed by atoms with Crippen LogP contribution in [0.4, 0.5) is 10.5 Å². The first-order valence-corrected chi connectivity index (χ1v) is 6.73. The standard InChI is InChI=1S/C15H19NO5/c1-15(2,3)21-14(20)16-11-5-4-8(6-12(11)17)9-7-10(9)13(18)19/h4-6,9-10,17H,7H2,1-3H3,(H,16,20)(H,18,19)/t9-,10+/m0/s1. The van der Waals surface area contributed by atoms with Crippen molar-refractivity contribution in [3.63, 3.8) is 0 Å². The minimum absolute atomic E-state index is 0.0658. The number of phenols is 1.